The molecular formula is C21H18Cl2N4O3S2. The van der Waals surface area contributed by atoms with E-state index in [1.54, 1.807) is 11.0 Å². The van der Waals surface area contributed by atoms with Gasteiger partial charge in [0.25, 0.3) is 11.6 Å². The molecular weight excluding hydrogens is 491 g/mol. The number of rotatable bonds is 3. The number of hydrogen-bond donors (Lipinski definition) is 1. The van der Waals surface area contributed by atoms with Gasteiger partial charge in [0.1, 0.15) is 4.88 Å². The van der Waals surface area contributed by atoms with Crippen LogP contribution in [0.1, 0.15) is 15.2 Å². The van der Waals surface area contributed by atoms with E-state index in [-0.39, 0.29) is 11.6 Å². The molecule has 0 radical (unpaired) electrons. The van der Waals surface area contributed by atoms with E-state index >= 15 is 0 Å². The smallest absolute Gasteiger partial charge is 0.270 e. The summed E-state index contributed by atoms with van der Waals surface area (Å²) < 4.78 is 0.619. The number of nitro groups is 1. The van der Waals surface area contributed by atoms with Crippen molar-refractivity contribution < 1.29 is 9.72 Å². The Kier molecular flexibility index (Phi) is 6.52. The zero-order chi connectivity index (χ0) is 23.0. The highest BCUT2D eigenvalue weighted by Crippen LogP contribution is 2.38. The summed E-state index contributed by atoms with van der Waals surface area (Å²) in [6, 6.07) is 10.1. The highest BCUT2D eigenvalue weighted by atomic mass is 35.5. The Morgan fingerprint density at radius 2 is 1.81 bits per heavy atom. The largest absolute Gasteiger partial charge is 0.345 e. The number of piperazine rings is 1. The standard InChI is InChI=1S/C21H18Cl2N4O3S2/c1-12-2-3-13(10-16(12)22)24-21(31)26-8-6-25(7-9-26)20(28)19-18(23)15-5-4-14(27(29)30)11-17(15)32-19/h2-5,10-11H,6-9H2,1H3,(H,24,31). The van der Waals surface area contributed by atoms with Gasteiger partial charge in [0, 0.05) is 59.1 Å². The van der Waals surface area contributed by atoms with Gasteiger partial charge in [0.2, 0.25) is 0 Å². The zero-order valence-electron chi connectivity index (χ0n) is 16.9. The molecule has 0 bridgehead atoms. The molecule has 1 fully saturated rings. The Hall–Kier alpha value is -2.46. The SMILES string of the molecule is Cc1ccc(NC(=S)N2CCN(C(=O)c3sc4cc([N+](=O)[O-])ccc4c3Cl)CC2)cc1Cl. The summed E-state index contributed by atoms with van der Waals surface area (Å²) >= 11 is 19.3. The van der Waals surface area contributed by atoms with E-state index in [9.17, 15) is 14.9 Å². The highest BCUT2D eigenvalue weighted by molar-refractivity contribution is 7.80. The summed E-state index contributed by atoms with van der Waals surface area (Å²) in [5, 5.41) is 16.4. The molecule has 166 valence electrons. The number of benzene rings is 2. The molecule has 0 unspecified atom stereocenters. The van der Waals surface area contributed by atoms with Crippen LogP contribution in [0.4, 0.5) is 11.4 Å². The minimum atomic E-state index is -0.463. The third-order valence-corrected chi connectivity index (χ3v) is 7.71. The van der Waals surface area contributed by atoms with E-state index in [1.807, 2.05) is 30.0 Å². The van der Waals surface area contributed by atoms with E-state index in [0.717, 1.165) is 11.3 Å². The number of halogens is 2. The van der Waals surface area contributed by atoms with Crippen molar-refractivity contribution in [2.75, 3.05) is 31.5 Å². The highest BCUT2D eigenvalue weighted by Gasteiger charge is 2.27. The van der Waals surface area contributed by atoms with Gasteiger partial charge in [-0.3, -0.25) is 14.9 Å². The lowest BCUT2D eigenvalue weighted by Gasteiger charge is -2.36. The number of nitrogens with one attached hydrogen (secondary N) is 1. The van der Waals surface area contributed by atoms with E-state index in [2.05, 4.69) is 5.32 Å². The second-order valence-corrected chi connectivity index (χ2v) is 9.58. The number of nitrogens with zero attached hydrogens (tertiary/aromatic N) is 3. The van der Waals surface area contributed by atoms with Crippen LogP contribution in [0.3, 0.4) is 0 Å². The minimum absolute atomic E-state index is 0.0288. The molecule has 32 heavy (non-hydrogen) atoms. The van der Waals surface area contributed by atoms with Crippen LogP contribution < -0.4 is 5.32 Å². The maximum atomic E-state index is 13.1. The van der Waals surface area contributed by atoms with Crippen molar-refractivity contribution in [3.05, 3.63) is 67.0 Å². The normalized spacial score (nSPS) is 14.0. The van der Waals surface area contributed by atoms with Gasteiger partial charge >= 0.3 is 0 Å². The Morgan fingerprint density at radius 1 is 1.12 bits per heavy atom. The molecule has 1 amide bonds. The molecule has 1 aliphatic rings. The van der Waals surface area contributed by atoms with Gasteiger partial charge in [0.15, 0.2) is 5.11 Å². The predicted octanol–water partition coefficient (Wildman–Crippen LogP) is 5.58. The lowest BCUT2D eigenvalue weighted by molar-refractivity contribution is -0.384. The zero-order valence-corrected chi connectivity index (χ0v) is 20.1. The minimum Gasteiger partial charge on any atom is -0.345 e. The number of non-ortho nitro benzene ring substituents is 1. The number of carbonyl (C=O) groups is 1. The van der Waals surface area contributed by atoms with Crippen molar-refractivity contribution in [2.45, 2.75) is 6.92 Å². The molecule has 3 aromatic rings. The van der Waals surface area contributed by atoms with Crippen molar-refractivity contribution in [1.82, 2.24) is 9.80 Å². The fraction of sp³-hybridized carbons (Fsp3) is 0.238. The number of aryl methyl sites for hydroxylation is 1. The van der Waals surface area contributed by atoms with Crippen molar-refractivity contribution >= 4 is 79.2 Å². The second kappa shape index (κ2) is 9.19. The van der Waals surface area contributed by atoms with Crippen LogP contribution in [0.5, 0.6) is 0 Å². The molecule has 1 aliphatic heterocycles. The van der Waals surface area contributed by atoms with Crippen LogP contribution in [0.25, 0.3) is 10.1 Å². The van der Waals surface area contributed by atoms with Gasteiger partial charge in [-0.2, -0.15) is 0 Å². The van der Waals surface area contributed by atoms with E-state index in [4.69, 9.17) is 35.4 Å². The molecule has 4 rings (SSSR count). The molecule has 0 spiro atoms. The first-order valence-corrected chi connectivity index (χ1v) is 11.7. The number of nitro benzene ring substituents is 1. The molecule has 0 aliphatic carbocycles. The van der Waals surface area contributed by atoms with Crippen LogP contribution >= 0.6 is 46.8 Å². The van der Waals surface area contributed by atoms with Crippen molar-refractivity contribution in [3.63, 3.8) is 0 Å². The Bertz CT molecular complexity index is 1240. The number of anilines is 1. The molecule has 0 saturated carbocycles. The lowest BCUT2D eigenvalue weighted by atomic mass is 10.2. The summed E-state index contributed by atoms with van der Waals surface area (Å²) in [4.78, 5) is 27.8. The molecule has 1 aromatic heterocycles. The van der Waals surface area contributed by atoms with Gasteiger partial charge in [-0.25, -0.2) is 0 Å². The molecule has 0 atom stereocenters. The average Bonchev–Trinajstić information content (AvgIpc) is 3.11. The maximum Gasteiger partial charge on any atom is 0.270 e. The van der Waals surface area contributed by atoms with Crippen molar-refractivity contribution in [2.24, 2.45) is 0 Å². The molecule has 11 heteroatoms. The van der Waals surface area contributed by atoms with Gasteiger partial charge in [0.05, 0.1) is 9.95 Å². The number of thiophene rings is 1. The van der Waals surface area contributed by atoms with Crippen LogP contribution in [0.15, 0.2) is 36.4 Å². The number of hydrogen-bond acceptors (Lipinski definition) is 5. The van der Waals surface area contributed by atoms with Crippen molar-refractivity contribution in [3.8, 4) is 0 Å². The maximum absolute atomic E-state index is 13.1. The molecule has 1 N–H and O–H groups in total. The average molecular weight is 509 g/mol. The quantitative estimate of drug-likeness (QED) is 0.282. The molecule has 1 saturated heterocycles. The number of thiocarbonyl (C=S) groups is 1. The summed E-state index contributed by atoms with van der Waals surface area (Å²) in [7, 11) is 0. The molecule has 2 aromatic carbocycles. The van der Waals surface area contributed by atoms with Gasteiger partial charge in [-0.15, -0.1) is 11.3 Å². The van der Waals surface area contributed by atoms with Gasteiger partial charge < -0.3 is 15.1 Å². The van der Waals surface area contributed by atoms with Gasteiger partial charge in [-0.1, -0.05) is 29.3 Å². The third-order valence-electron chi connectivity index (χ3n) is 5.30. The van der Waals surface area contributed by atoms with Crippen molar-refractivity contribution in [1.29, 1.82) is 0 Å². The van der Waals surface area contributed by atoms with E-state index in [1.165, 1.54) is 23.5 Å². The van der Waals surface area contributed by atoms with Gasteiger partial charge in [-0.05, 0) is 42.9 Å². The van der Waals surface area contributed by atoms with Crippen LogP contribution in [0.2, 0.25) is 10.0 Å². The molecule has 2 heterocycles. The first-order chi connectivity index (χ1) is 15.2. The lowest BCUT2D eigenvalue weighted by Crippen LogP contribution is -2.51. The topological polar surface area (TPSA) is 78.7 Å². The first kappa shape index (κ1) is 22.7. The summed E-state index contributed by atoms with van der Waals surface area (Å²) in [6.07, 6.45) is 0. The third kappa shape index (κ3) is 4.52. The fourth-order valence-electron chi connectivity index (χ4n) is 3.43. The first-order valence-electron chi connectivity index (χ1n) is 9.72. The fourth-order valence-corrected chi connectivity index (χ4v) is 5.43. The monoisotopic (exact) mass is 508 g/mol. The molecule has 7 nitrogen and oxygen atoms in total. The Morgan fingerprint density at radius 3 is 2.47 bits per heavy atom. The summed E-state index contributed by atoms with van der Waals surface area (Å²) in [5.74, 6) is -0.178. The van der Waals surface area contributed by atoms with E-state index in [0.29, 0.717) is 56.3 Å². The summed E-state index contributed by atoms with van der Waals surface area (Å²) in [5.41, 5.74) is 1.78. The Balaban J connectivity index is 1.42. The van der Waals surface area contributed by atoms with E-state index < -0.39 is 4.92 Å². The van der Waals surface area contributed by atoms with Crippen LogP contribution in [-0.4, -0.2) is 51.9 Å². The second-order valence-electron chi connectivity index (χ2n) is 7.36. The number of amides is 1. The summed E-state index contributed by atoms with van der Waals surface area (Å²) in [6.45, 7) is 4.06. The Labute approximate surface area is 203 Å². The number of carbonyl (C=O) groups excluding carboxylic acids is 1. The number of fused-ring (bicyclic) bond motifs is 1. The predicted molar refractivity (Wildman–Crippen MR) is 133 cm³/mol. The van der Waals surface area contributed by atoms with Crippen LogP contribution in [-0.2, 0) is 0 Å². The van der Waals surface area contributed by atoms with Crippen LogP contribution in [0, 0.1) is 17.0 Å².